The van der Waals surface area contributed by atoms with Crippen molar-refractivity contribution < 1.29 is 28.0 Å². The van der Waals surface area contributed by atoms with E-state index in [9.17, 15) is 28.0 Å². The van der Waals surface area contributed by atoms with Crippen LogP contribution < -0.4 is 16.0 Å². The Bertz CT molecular complexity index is 1060. The highest BCUT2D eigenvalue weighted by molar-refractivity contribution is 6.00. The highest BCUT2D eigenvalue weighted by Crippen LogP contribution is 2.38. The molecule has 4 N–H and O–H groups in total. The third-order valence-electron chi connectivity index (χ3n) is 7.00. The van der Waals surface area contributed by atoms with Crippen molar-refractivity contribution in [2.24, 2.45) is 11.8 Å². The number of H-pyrrole nitrogens is 1. The Hall–Kier alpha value is -3.30. The summed E-state index contributed by atoms with van der Waals surface area (Å²) in [5, 5.41) is 8.91. The number of aldehydes is 1. The molecule has 1 saturated carbocycles. The number of halogens is 2. The summed E-state index contributed by atoms with van der Waals surface area (Å²) in [7, 11) is 0. The summed E-state index contributed by atoms with van der Waals surface area (Å²) in [5.41, 5.74) is 1.04. The number of nitrogens with one attached hydrogen (secondary N) is 4. The predicted molar refractivity (Wildman–Crippen MR) is 125 cm³/mol. The van der Waals surface area contributed by atoms with E-state index in [2.05, 4.69) is 20.9 Å². The van der Waals surface area contributed by atoms with Crippen LogP contribution in [-0.4, -0.2) is 53.5 Å². The van der Waals surface area contributed by atoms with Gasteiger partial charge in [0.1, 0.15) is 18.0 Å². The molecule has 2 heterocycles. The second-order valence-corrected chi connectivity index (χ2v) is 9.59. The molecule has 2 fully saturated rings. The van der Waals surface area contributed by atoms with Crippen LogP contribution in [0.1, 0.15) is 55.4 Å². The Morgan fingerprint density at radius 1 is 1.11 bits per heavy atom. The molecule has 1 aromatic carbocycles. The van der Waals surface area contributed by atoms with Gasteiger partial charge in [-0.3, -0.25) is 14.4 Å². The molecule has 0 unspecified atom stereocenters. The Morgan fingerprint density at radius 2 is 1.86 bits per heavy atom. The number of hydrogen-bond donors (Lipinski definition) is 4. The average Bonchev–Trinajstić information content (AvgIpc) is 3.45. The molecule has 1 aliphatic carbocycles. The number of fused-ring (bicyclic) bond motifs is 1. The number of carbonyl (C=O) groups excluding carboxylic acids is 4. The molecule has 0 bridgehead atoms. The van der Waals surface area contributed by atoms with Gasteiger partial charge in [0.15, 0.2) is 0 Å². The minimum atomic E-state index is -2.70. The predicted octanol–water partition coefficient (Wildman–Crippen LogP) is 2.69. The summed E-state index contributed by atoms with van der Waals surface area (Å²) >= 11 is 0. The Morgan fingerprint density at radius 3 is 2.51 bits per heavy atom. The van der Waals surface area contributed by atoms with Gasteiger partial charge in [-0.2, -0.15) is 0 Å². The summed E-state index contributed by atoms with van der Waals surface area (Å²) in [6, 6.07) is 7.13. The maximum absolute atomic E-state index is 13.6. The van der Waals surface area contributed by atoms with E-state index in [0.29, 0.717) is 19.3 Å². The summed E-state index contributed by atoms with van der Waals surface area (Å²) in [6.07, 6.45) is 1.50. The molecule has 188 valence electrons. The first-order chi connectivity index (χ1) is 16.7. The molecule has 3 amide bonds. The smallest absolute Gasteiger partial charge is 0.268 e. The number of alkyl halides is 2. The van der Waals surface area contributed by atoms with E-state index in [1.54, 1.807) is 6.07 Å². The molecule has 2 aromatic rings. The zero-order chi connectivity index (χ0) is 25.0. The van der Waals surface area contributed by atoms with Gasteiger partial charge in [-0.15, -0.1) is 0 Å². The van der Waals surface area contributed by atoms with Crippen molar-refractivity contribution in [1.82, 2.24) is 20.9 Å². The topological polar surface area (TPSA) is 120 Å². The van der Waals surface area contributed by atoms with E-state index in [1.165, 1.54) is 0 Å². The standard InChI is InChI=1S/C25H30F2N4O4/c26-25(27)8-5-15(6-9-25)11-20(23(34)29-18(14-32)12-17-7-10-28-22(17)33)31-24(35)21-13-16-3-1-2-4-19(16)30-21/h1-4,13-15,17-18,20,30H,5-12H2,(H,28,33)(H,29,34)(H,31,35)/t17-,18-,20-/m0/s1. The fourth-order valence-electron chi connectivity index (χ4n) is 4.94. The van der Waals surface area contributed by atoms with Gasteiger partial charge in [-0.1, -0.05) is 18.2 Å². The molecule has 0 spiro atoms. The maximum Gasteiger partial charge on any atom is 0.268 e. The van der Waals surface area contributed by atoms with Gasteiger partial charge in [0.25, 0.3) is 5.91 Å². The number of benzene rings is 1. The highest BCUT2D eigenvalue weighted by atomic mass is 19.3. The lowest BCUT2D eigenvalue weighted by Gasteiger charge is -2.31. The van der Waals surface area contributed by atoms with Gasteiger partial charge < -0.3 is 25.7 Å². The minimum absolute atomic E-state index is 0.155. The maximum atomic E-state index is 13.6. The molecule has 2 aliphatic rings. The lowest BCUT2D eigenvalue weighted by Crippen LogP contribution is -2.51. The Balaban J connectivity index is 1.46. The number of carbonyl (C=O) groups is 4. The van der Waals surface area contributed by atoms with Crippen LogP contribution in [0.2, 0.25) is 0 Å². The number of aromatic amines is 1. The third-order valence-corrected chi connectivity index (χ3v) is 7.00. The molecular weight excluding hydrogens is 458 g/mol. The van der Waals surface area contributed by atoms with Crippen LogP contribution in [-0.2, 0) is 14.4 Å². The van der Waals surface area contributed by atoms with E-state index in [0.717, 1.165) is 10.9 Å². The third kappa shape index (κ3) is 6.23. The van der Waals surface area contributed by atoms with Crippen LogP contribution >= 0.6 is 0 Å². The summed E-state index contributed by atoms with van der Waals surface area (Å²) < 4.78 is 27.3. The first-order valence-corrected chi connectivity index (χ1v) is 12.0. The second kappa shape index (κ2) is 10.5. The lowest BCUT2D eigenvalue weighted by molar-refractivity contribution is -0.127. The van der Waals surface area contributed by atoms with Gasteiger partial charge in [-0.05, 0) is 50.2 Å². The van der Waals surface area contributed by atoms with Crippen molar-refractivity contribution in [2.75, 3.05) is 6.54 Å². The minimum Gasteiger partial charge on any atom is -0.356 e. The average molecular weight is 489 g/mol. The molecule has 3 atom stereocenters. The quantitative estimate of drug-likeness (QED) is 0.406. The number of rotatable bonds is 9. The van der Waals surface area contributed by atoms with E-state index >= 15 is 0 Å². The first-order valence-electron chi connectivity index (χ1n) is 12.0. The van der Waals surface area contributed by atoms with Crippen LogP contribution in [0.3, 0.4) is 0 Å². The molecule has 35 heavy (non-hydrogen) atoms. The van der Waals surface area contributed by atoms with Crippen LogP contribution in [0.15, 0.2) is 30.3 Å². The van der Waals surface area contributed by atoms with Crippen molar-refractivity contribution >= 4 is 34.9 Å². The fraction of sp³-hybridized carbons (Fsp3) is 0.520. The molecule has 4 rings (SSSR count). The number of amides is 3. The van der Waals surface area contributed by atoms with Crippen molar-refractivity contribution in [3.63, 3.8) is 0 Å². The van der Waals surface area contributed by atoms with Crippen LogP contribution in [0, 0.1) is 11.8 Å². The fourth-order valence-corrected chi connectivity index (χ4v) is 4.94. The molecule has 0 radical (unpaired) electrons. The van der Waals surface area contributed by atoms with E-state index in [1.807, 2.05) is 24.3 Å². The number of para-hydroxylation sites is 1. The normalized spacial score (nSPS) is 21.8. The first kappa shape index (κ1) is 24.8. The van der Waals surface area contributed by atoms with Crippen molar-refractivity contribution in [2.45, 2.75) is 63.0 Å². The van der Waals surface area contributed by atoms with Crippen LogP contribution in [0.5, 0.6) is 0 Å². The molecular formula is C25H30F2N4O4. The largest absolute Gasteiger partial charge is 0.356 e. The zero-order valence-electron chi connectivity index (χ0n) is 19.3. The molecule has 8 nitrogen and oxygen atoms in total. The lowest BCUT2D eigenvalue weighted by atomic mass is 9.82. The van der Waals surface area contributed by atoms with Crippen molar-refractivity contribution in [3.8, 4) is 0 Å². The number of aromatic nitrogens is 1. The van der Waals surface area contributed by atoms with Gasteiger partial charge >= 0.3 is 0 Å². The van der Waals surface area contributed by atoms with Crippen molar-refractivity contribution in [1.29, 1.82) is 0 Å². The Kier molecular flexibility index (Phi) is 7.47. The monoisotopic (exact) mass is 488 g/mol. The molecule has 1 saturated heterocycles. The number of hydrogen-bond acceptors (Lipinski definition) is 4. The summed E-state index contributed by atoms with van der Waals surface area (Å²) in [4.78, 5) is 52.7. The molecule has 1 aromatic heterocycles. The van der Waals surface area contributed by atoms with E-state index in [4.69, 9.17) is 0 Å². The Labute approximate surface area is 201 Å². The highest BCUT2D eigenvalue weighted by Gasteiger charge is 2.37. The molecule has 10 heteroatoms. The summed E-state index contributed by atoms with van der Waals surface area (Å²) in [6.45, 7) is 0.526. The van der Waals surface area contributed by atoms with Crippen LogP contribution in [0.25, 0.3) is 10.9 Å². The summed E-state index contributed by atoms with van der Waals surface area (Å²) in [5.74, 6) is -4.46. The molecule has 1 aliphatic heterocycles. The SMILES string of the molecule is O=C[C@H](C[C@@H]1CCNC1=O)NC(=O)[C@H](CC1CCC(F)(F)CC1)NC(=O)c1cc2ccccc2[nH]1. The van der Waals surface area contributed by atoms with Crippen LogP contribution in [0.4, 0.5) is 8.78 Å². The van der Waals surface area contributed by atoms with E-state index in [-0.39, 0.29) is 62.0 Å². The van der Waals surface area contributed by atoms with Gasteiger partial charge in [0, 0.05) is 36.2 Å². The van der Waals surface area contributed by atoms with E-state index < -0.39 is 29.8 Å². The van der Waals surface area contributed by atoms with Gasteiger partial charge in [0.05, 0.1) is 6.04 Å². The zero-order valence-corrected chi connectivity index (χ0v) is 19.3. The van der Waals surface area contributed by atoms with Crippen molar-refractivity contribution in [3.05, 3.63) is 36.0 Å². The van der Waals surface area contributed by atoms with Gasteiger partial charge in [0.2, 0.25) is 17.7 Å². The second-order valence-electron chi connectivity index (χ2n) is 9.59. The van der Waals surface area contributed by atoms with Gasteiger partial charge in [-0.25, -0.2) is 8.78 Å².